The summed E-state index contributed by atoms with van der Waals surface area (Å²) in [5.74, 6) is 0. The number of nitrogens with one attached hydrogen (secondary N) is 2. The van der Waals surface area contributed by atoms with Crippen molar-refractivity contribution in [2.24, 2.45) is 5.41 Å². The normalized spacial score (nSPS) is 21.6. The molecule has 0 aliphatic heterocycles. The molecule has 21 heavy (non-hydrogen) atoms. The first-order valence-electron chi connectivity index (χ1n) is 7.50. The van der Waals surface area contributed by atoms with E-state index in [1.165, 1.54) is 0 Å². The lowest BCUT2D eigenvalue weighted by Crippen LogP contribution is -2.34. The van der Waals surface area contributed by atoms with E-state index >= 15 is 0 Å². The Bertz CT molecular complexity index is 567. The highest BCUT2D eigenvalue weighted by molar-refractivity contribution is 7.89. The standard InChI is InChI=1S/C15H25N3O2S/c1-4-16-10-12-5-6-14(17-11-12)21(19,20)18-13-7-8-15(2,3)9-13/h5-6,11,13,16,18H,4,7-10H2,1-3H3. The smallest absolute Gasteiger partial charge is 0.258 e. The van der Waals surface area contributed by atoms with E-state index in [1.54, 1.807) is 12.3 Å². The van der Waals surface area contributed by atoms with Crippen LogP contribution in [0, 0.1) is 5.41 Å². The van der Waals surface area contributed by atoms with Gasteiger partial charge in [-0.2, -0.15) is 0 Å². The summed E-state index contributed by atoms with van der Waals surface area (Å²) < 4.78 is 27.5. The van der Waals surface area contributed by atoms with Gasteiger partial charge in [0.25, 0.3) is 10.0 Å². The van der Waals surface area contributed by atoms with Crippen LogP contribution in [0.25, 0.3) is 0 Å². The fourth-order valence-electron chi connectivity index (χ4n) is 2.76. The van der Waals surface area contributed by atoms with Crippen molar-refractivity contribution in [1.82, 2.24) is 15.0 Å². The van der Waals surface area contributed by atoms with Crippen LogP contribution in [0.5, 0.6) is 0 Å². The van der Waals surface area contributed by atoms with Gasteiger partial charge in [-0.3, -0.25) is 0 Å². The summed E-state index contributed by atoms with van der Waals surface area (Å²) in [7, 11) is -3.51. The molecule has 0 amide bonds. The number of nitrogens with zero attached hydrogens (tertiary/aromatic N) is 1. The lowest BCUT2D eigenvalue weighted by molar-refractivity contribution is 0.372. The van der Waals surface area contributed by atoms with Crippen molar-refractivity contribution in [2.75, 3.05) is 6.54 Å². The van der Waals surface area contributed by atoms with Crippen molar-refractivity contribution in [3.8, 4) is 0 Å². The lowest BCUT2D eigenvalue weighted by atomic mass is 9.92. The van der Waals surface area contributed by atoms with Gasteiger partial charge in [-0.05, 0) is 42.9 Å². The van der Waals surface area contributed by atoms with Crippen LogP contribution in [0.1, 0.15) is 45.6 Å². The van der Waals surface area contributed by atoms with Crippen LogP contribution >= 0.6 is 0 Å². The summed E-state index contributed by atoms with van der Waals surface area (Å²) >= 11 is 0. The Hall–Kier alpha value is -0.980. The molecule has 0 spiro atoms. The third-order valence-corrected chi connectivity index (χ3v) is 5.38. The number of hydrogen-bond donors (Lipinski definition) is 2. The minimum absolute atomic E-state index is 0.0215. The SMILES string of the molecule is CCNCc1ccc(S(=O)(=O)NC2CCC(C)(C)C2)nc1. The average Bonchev–Trinajstić information content (AvgIpc) is 2.75. The molecule has 1 atom stereocenters. The van der Waals surface area contributed by atoms with Gasteiger partial charge in [0, 0.05) is 18.8 Å². The molecular weight excluding hydrogens is 286 g/mol. The Morgan fingerprint density at radius 2 is 2.14 bits per heavy atom. The lowest BCUT2D eigenvalue weighted by Gasteiger charge is -2.17. The largest absolute Gasteiger partial charge is 0.313 e. The van der Waals surface area contributed by atoms with Gasteiger partial charge in [0.2, 0.25) is 0 Å². The van der Waals surface area contributed by atoms with E-state index in [-0.39, 0.29) is 16.5 Å². The molecule has 1 aromatic heterocycles. The molecule has 1 unspecified atom stereocenters. The number of hydrogen-bond acceptors (Lipinski definition) is 4. The van der Waals surface area contributed by atoms with Crippen molar-refractivity contribution in [3.63, 3.8) is 0 Å². The molecule has 0 radical (unpaired) electrons. The number of sulfonamides is 1. The minimum Gasteiger partial charge on any atom is -0.313 e. The van der Waals surface area contributed by atoms with Crippen LogP contribution in [-0.2, 0) is 16.6 Å². The van der Waals surface area contributed by atoms with Gasteiger partial charge >= 0.3 is 0 Å². The summed E-state index contributed by atoms with van der Waals surface area (Å²) in [5, 5.41) is 3.29. The van der Waals surface area contributed by atoms with E-state index in [0.717, 1.165) is 31.4 Å². The zero-order valence-electron chi connectivity index (χ0n) is 13.0. The van der Waals surface area contributed by atoms with E-state index in [2.05, 4.69) is 28.9 Å². The molecule has 118 valence electrons. The van der Waals surface area contributed by atoms with Crippen LogP contribution in [-0.4, -0.2) is 26.0 Å². The van der Waals surface area contributed by atoms with Gasteiger partial charge in [0.1, 0.15) is 0 Å². The minimum atomic E-state index is -3.51. The highest BCUT2D eigenvalue weighted by Crippen LogP contribution is 2.37. The molecule has 2 N–H and O–H groups in total. The third kappa shape index (κ3) is 4.49. The fraction of sp³-hybridized carbons (Fsp3) is 0.667. The maximum Gasteiger partial charge on any atom is 0.258 e. The molecule has 0 bridgehead atoms. The second kappa shape index (κ2) is 6.42. The van der Waals surface area contributed by atoms with Gasteiger partial charge in [0.05, 0.1) is 0 Å². The van der Waals surface area contributed by atoms with E-state index in [9.17, 15) is 8.42 Å². The molecule has 1 fully saturated rings. The second-order valence-corrected chi connectivity index (χ2v) is 8.17. The van der Waals surface area contributed by atoms with E-state index in [1.807, 2.05) is 13.0 Å². The summed E-state index contributed by atoms with van der Waals surface area (Å²) in [6.45, 7) is 7.95. The predicted molar refractivity (Wildman–Crippen MR) is 83.4 cm³/mol. The Morgan fingerprint density at radius 1 is 1.38 bits per heavy atom. The average molecular weight is 311 g/mol. The number of rotatable bonds is 6. The van der Waals surface area contributed by atoms with Gasteiger partial charge in [-0.15, -0.1) is 0 Å². The molecule has 1 aliphatic rings. The zero-order valence-corrected chi connectivity index (χ0v) is 13.8. The molecule has 6 heteroatoms. The predicted octanol–water partition coefficient (Wildman–Crippen LogP) is 2.05. The van der Waals surface area contributed by atoms with Gasteiger partial charge in [-0.25, -0.2) is 18.1 Å². The van der Waals surface area contributed by atoms with Crippen LogP contribution in [0.15, 0.2) is 23.4 Å². The summed E-state index contributed by atoms with van der Waals surface area (Å²) in [5.41, 5.74) is 1.20. The van der Waals surface area contributed by atoms with Crippen molar-refractivity contribution in [2.45, 2.75) is 57.6 Å². The van der Waals surface area contributed by atoms with E-state index in [0.29, 0.717) is 6.54 Å². The number of pyridine rings is 1. The molecule has 2 rings (SSSR count). The first-order chi connectivity index (χ1) is 9.82. The van der Waals surface area contributed by atoms with Crippen molar-refractivity contribution < 1.29 is 8.42 Å². The Labute approximate surface area is 127 Å². The molecule has 1 heterocycles. The maximum atomic E-state index is 12.3. The van der Waals surface area contributed by atoms with Gasteiger partial charge < -0.3 is 5.32 Å². The highest BCUT2D eigenvalue weighted by atomic mass is 32.2. The van der Waals surface area contributed by atoms with Crippen LogP contribution < -0.4 is 10.0 Å². The second-order valence-electron chi connectivity index (χ2n) is 6.51. The molecule has 1 aromatic rings. The number of aromatic nitrogens is 1. The van der Waals surface area contributed by atoms with E-state index < -0.39 is 10.0 Å². The summed E-state index contributed by atoms with van der Waals surface area (Å²) in [6.07, 6.45) is 4.44. The molecule has 0 aromatic carbocycles. The first kappa shape index (κ1) is 16.4. The maximum absolute atomic E-state index is 12.3. The first-order valence-corrected chi connectivity index (χ1v) is 8.99. The Balaban J connectivity index is 2.02. The summed E-state index contributed by atoms with van der Waals surface area (Å²) in [4.78, 5) is 4.09. The van der Waals surface area contributed by atoms with Gasteiger partial charge in [-0.1, -0.05) is 26.8 Å². The molecular formula is C15H25N3O2S. The van der Waals surface area contributed by atoms with Crippen molar-refractivity contribution in [3.05, 3.63) is 23.9 Å². The summed E-state index contributed by atoms with van der Waals surface area (Å²) in [6, 6.07) is 3.41. The molecule has 1 saturated carbocycles. The zero-order chi connectivity index (χ0) is 15.5. The van der Waals surface area contributed by atoms with E-state index in [4.69, 9.17) is 0 Å². The molecule has 1 aliphatic carbocycles. The van der Waals surface area contributed by atoms with Crippen LogP contribution in [0.4, 0.5) is 0 Å². The quantitative estimate of drug-likeness (QED) is 0.843. The topological polar surface area (TPSA) is 71.1 Å². The van der Waals surface area contributed by atoms with Crippen molar-refractivity contribution in [1.29, 1.82) is 0 Å². The van der Waals surface area contributed by atoms with Crippen LogP contribution in [0.2, 0.25) is 0 Å². The monoisotopic (exact) mass is 311 g/mol. The van der Waals surface area contributed by atoms with Crippen LogP contribution in [0.3, 0.4) is 0 Å². The molecule has 0 saturated heterocycles. The Morgan fingerprint density at radius 3 is 2.67 bits per heavy atom. The van der Waals surface area contributed by atoms with Gasteiger partial charge in [0.15, 0.2) is 5.03 Å². The van der Waals surface area contributed by atoms with Crippen molar-refractivity contribution >= 4 is 10.0 Å². The third-order valence-electron chi connectivity index (χ3n) is 3.94. The fourth-order valence-corrected chi connectivity index (χ4v) is 3.96. The molecule has 5 nitrogen and oxygen atoms in total. The highest BCUT2D eigenvalue weighted by Gasteiger charge is 2.33. The Kier molecular flexibility index (Phi) is 5.01.